The van der Waals surface area contributed by atoms with Crippen molar-refractivity contribution in [3.8, 4) is 0 Å². The van der Waals surface area contributed by atoms with Crippen LogP contribution in [0.4, 0.5) is 0 Å². The van der Waals surface area contributed by atoms with Crippen LogP contribution in [-0.4, -0.2) is 49.7 Å². The molecule has 134 valence electrons. The number of hydrogen-bond donors (Lipinski definition) is 0. The average molecular weight is 335 g/mol. The molecule has 2 bridgehead atoms. The molecule has 1 aliphatic heterocycles. The number of ether oxygens (including phenoxy) is 2. The van der Waals surface area contributed by atoms with Crippen LogP contribution in [0.1, 0.15) is 33.1 Å². The Balaban J connectivity index is 1.31. The molecule has 5 heteroatoms. The molecule has 2 aliphatic carbocycles. The Bertz CT molecular complexity index is 474. The fraction of sp³-hybridized carbons (Fsp3) is 0.789. The fourth-order valence-corrected chi connectivity index (χ4v) is 4.13. The predicted octanol–water partition coefficient (Wildman–Crippen LogP) is 2.26. The number of carbonyl (C=O) groups is 2. The molecule has 0 N–H and O–H groups in total. The molecule has 0 spiro atoms. The molecule has 24 heavy (non-hydrogen) atoms. The van der Waals surface area contributed by atoms with E-state index in [9.17, 15) is 9.59 Å². The molecule has 0 aromatic carbocycles. The minimum absolute atomic E-state index is 0.0405. The van der Waals surface area contributed by atoms with Crippen molar-refractivity contribution in [2.45, 2.75) is 33.1 Å². The summed E-state index contributed by atoms with van der Waals surface area (Å²) in [6.45, 7) is 7.31. The van der Waals surface area contributed by atoms with E-state index in [1.54, 1.807) is 0 Å². The zero-order valence-corrected chi connectivity index (χ0v) is 14.8. The number of nitrogens with zero attached hydrogens (tertiary/aromatic N) is 1. The first kappa shape index (κ1) is 17.6. The second-order valence-electron chi connectivity index (χ2n) is 7.38. The molecule has 0 radical (unpaired) electrons. The lowest BCUT2D eigenvalue weighted by atomic mass is 9.85. The first-order chi connectivity index (χ1) is 11.6. The van der Waals surface area contributed by atoms with Gasteiger partial charge in [-0.15, -0.1) is 0 Å². The highest BCUT2D eigenvalue weighted by molar-refractivity contribution is 6.06. The first-order valence-corrected chi connectivity index (χ1v) is 9.32. The van der Waals surface area contributed by atoms with Gasteiger partial charge < -0.3 is 9.47 Å². The van der Waals surface area contributed by atoms with Gasteiger partial charge in [0, 0.05) is 19.8 Å². The third-order valence-electron chi connectivity index (χ3n) is 5.70. The van der Waals surface area contributed by atoms with Crippen molar-refractivity contribution < 1.29 is 19.1 Å². The predicted molar refractivity (Wildman–Crippen MR) is 90.1 cm³/mol. The highest BCUT2D eigenvalue weighted by atomic mass is 16.5. The second kappa shape index (κ2) is 7.79. The van der Waals surface area contributed by atoms with Crippen molar-refractivity contribution >= 4 is 11.8 Å². The third kappa shape index (κ3) is 3.42. The SMILES string of the molecule is CCC(C)COCCOCCCN1C(=O)C2C3C=CC(C3)C2C1=O. The Labute approximate surface area is 144 Å². The van der Waals surface area contributed by atoms with E-state index >= 15 is 0 Å². The Hall–Kier alpha value is -1.20. The maximum atomic E-state index is 12.5. The van der Waals surface area contributed by atoms with Gasteiger partial charge in [-0.25, -0.2) is 0 Å². The number of carbonyl (C=O) groups excluding carboxylic acids is 2. The Morgan fingerprint density at radius 2 is 1.71 bits per heavy atom. The quantitative estimate of drug-likeness (QED) is 0.349. The van der Waals surface area contributed by atoms with Crippen molar-refractivity contribution in [2.75, 3.05) is 33.0 Å². The lowest BCUT2D eigenvalue weighted by molar-refractivity contribution is -0.140. The van der Waals surface area contributed by atoms with E-state index in [4.69, 9.17) is 9.47 Å². The number of hydrogen-bond acceptors (Lipinski definition) is 4. The Morgan fingerprint density at radius 3 is 2.33 bits per heavy atom. The molecule has 1 saturated heterocycles. The van der Waals surface area contributed by atoms with Crippen molar-refractivity contribution in [1.82, 2.24) is 4.90 Å². The van der Waals surface area contributed by atoms with Crippen molar-refractivity contribution in [3.63, 3.8) is 0 Å². The normalized spacial score (nSPS) is 32.0. The molecule has 5 atom stereocenters. The molecule has 0 aromatic rings. The number of amides is 2. The Morgan fingerprint density at radius 1 is 1.08 bits per heavy atom. The van der Waals surface area contributed by atoms with Crippen LogP contribution < -0.4 is 0 Å². The van der Waals surface area contributed by atoms with Crippen LogP contribution in [-0.2, 0) is 19.1 Å². The topological polar surface area (TPSA) is 55.8 Å². The molecule has 0 aromatic heterocycles. The summed E-state index contributed by atoms with van der Waals surface area (Å²) in [6, 6.07) is 0. The fourth-order valence-electron chi connectivity index (χ4n) is 4.13. The van der Waals surface area contributed by atoms with Crippen LogP contribution in [0.3, 0.4) is 0 Å². The molecule has 5 unspecified atom stereocenters. The van der Waals surface area contributed by atoms with E-state index in [0.717, 1.165) is 19.4 Å². The number of fused-ring (bicyclic) bond motifs is 5. The largest absolute Gasteiger partial charge is 0.379 e. The molecule has 3 rings (SSSR count). The van der Waals surface area contributed by atoms with Gasteiger partial charge in [0.15, 0.2) is 0 Å². The van der Waals surface area contributed by atoms with Crippen molar-refractivity contribution in [2.24, 2.45) is 29.6 Å². The van der Waals surface area contributed by atoms with E-state index < -0.39 is 0 Å². The maximum Gasteiger partial charge on any atom is 0.233 e. The number of allylic oxidation sites excluding steroid dienone is 2. The van der Waals surface area contributed by atoms with Gasteiger partial charge in [-0.05, 0) is 30.6 Å². The van der Waals surface area contributed by atoms with Gasteiger partial charge in [-0.1, -0.05) is 32.4 Å². The van der Waals surface area contributed by atoms with E-state index in [1.165, 1.54) is 4.90 Å². The van der Waals surface area contributed by atoms with Gasteiger partial charge >= 0.3 is 0 Å². The van der Waals surface area contributed by atoms with Crippen LogP contribution in [0.2, 0.25) is 0 Å². The van der Waals surface area contributed by atoms with Gasteiger partial charge in [0.25, 0.3) is 0 Å². The average Bonchev–Trinajstić information content (AvgIpc) is 3.25. The van der Waals surface area contributed by atoms with Crippen LogP contribution in [0.5, 0.6) is 0 Å². The highest BCUT2D eigenvalue weighted by Gasteiger charge is 2.58. The zero-order valence-electron chi connectivity index (χ0n) is 14.8. The van der Waals surface area contributed by atoms with Crippen LogP contribution in [0.15, 0.2) is 12.2 Å². The van der Waals surface area contributed by atoms with Crippen molar-refractivity contribution in [3.05, 3.63) is 12.2 Å². The van der Waals surface area contributed by atoms with Gasteiger partial charge in [0.05, 0.1) is 25.0 Å². The molecule has 1 saturated carbocycles. The molecule has 2 fully saturated rings. The molecular weight excluding hydrogens is 306 g/mol. The monoisotopic (exact) mass is 335 g/mol. The smallest absolute Gasteiger partial charge is 0.233 e. The van der Waals surface area contributed by atoms with Gasteiger partial charge in [-0.2, -0.15) is 0 Å². The lowest BCUT2D eigenvalue weighted by Gasteiger charge is -2.17. The van der Waals surface area contributed by atoms with Crippen LogP contribution in [0, 0.1) is 29.6 Å². The third-order valence-corrected chi connectivity index (χ3v) is 5.70. The van der Waals surface area contributed by atoms with E-state index in [2.05, 4.69) is 26.0 Å². The number of rotatable bonds is 10. The summed E-state index contributed by atoms with van der Waals surface area (Å²) >= 11 is 0. The molecule has 2 amide bonds. The summed E-state index contributed by atoms with van der Waals surface area (Å²) in [6.07, 6.45) is 7.06. The molecule has 5 nitrogen and oxygen atoms in total. The van der Waals surface area contributed by atoms with Crippen molar-refractivity contribution in [1.29, 1.82) is 0 Å². The maximum absolute atomic E-state index is 12.5. The number of likely N-dealkylation sites (tertiary alicyclic amines) is 1. The van der Waals surface area contributed by atoms with Gasteiger partial charge in [0.1, 0.15) is 0 Å². The summed E-state index contributed by atoms with van der Waals surface area (Å²) in [4.78, 5) is 26.5. The molecule has 3 aliphatic rings. The summed E-state index contributed by atoms with van der Waals surface area (Å²) in [7, 11) is 0. The Kier molecular flexibility index (Phi) is 5.72. The second-order valence-corrected chi connectivity index (χ2v) is 7.38. The van der Waals surface area contributed by atoms with Crippen LogP contribution in [0.25, 0.3) is 0 Å². The summed E-state index contributed by atoms with van der Waals surface area (Å²) in [5.41, 5.74) is 0. The molecule has 1 heterocycles. The standard InChI is InChI=1S/C19H29NO4/c1-3-13(2)12-24-10-9-23-8-4-7-20-18(21)16-14-5-6-15(11-14)17(16)19(20)22/h5-6,13-17H,3-4,7-12H2,1-2H3. The minimum Gasteiger partial charge on any atom is -0.379 e. The first-order valence-electron chi connectivity index (χ1n) is 9.32. The highest BCUT2D eigenvalue weighted by Crippen LogP contribution is 2.52. The van der Waals surface area contributed by atoms with Gasteiger partial charge in [0.2, 0.25) is 11.8 Å². The zero-order chi connectivity index (χ0) is 17.1. The number of imide groups is 1. The minimum atomic E-state index is -0.0811. The van der Waals surface area contributed by atoms with E-state index in [-0.39, 0.29) is 23.7 Å². The molecular formula is C19H29NO4. The van der Waals surface area contributed by atoms with E-state index in [0.29, 0.717) is 50.5 Å². The summed E-state index contributed by atoms with van der Waals surface area (Å²) < 4.78 is 11.1. The summed E-state index contributed by atoms with van der Waals surface area (Å²) in [5, 5.41) is 0. The van der Waals surface area contributed by atoms with Gasteiger partial charge in [-0.3, -0.25) is 14.5 Å². The van der Waals surface area contributed by atoms with Crippen LogP contribution >= 0.6 is 0 Å². The lowest BCUT2D eigenvalue weighted by Crippen LogP contribution is -2.34. The summed E-state index contributed by atoms with van der Waals surface area (Å²) in [5.74, 6) is 1.09. The van der Waals surface area contributed by atoms with E-state index in [1.807, 2.05) is 0 Å².